The summed E-state index contributed by atoms with van der Waals surface area (Å²) in [6, 6.07) is 15.5. The van der Waals surface area contributed by atoms with Gasteiger partial charge >= 0.3 is 12.1 Å². The first kappa shape index (κ1) is 23.9. The third kappa shape index (κ3) is 5.82. The average molecular weight is 497 g/mol. The minimum Gasteiger partial charge on any atom is -0.431 e. The molecule has 4 aromatic rings. The van der Waals surface area contributed by atoms with E-state index in [9.17, 15) is 9.59 Å². The molecule has 11 nitrogen and oxygen atoms in total. The number of nitrogens with zero attached hydrogens (tertiary/aromatic N) is 5. The third-order valence-electron chi connectivity index (χ3n) is 4.82. The highest BCUT2D eigenvalue weighted by atomic mass is 35.5. The van der Waals surface area contributed by atoms with Crippen LogP contribution in [0, 0.1) is 0 Å². The Labute approximate surface area is 205 Å². The number of hydrogen-bond acceptors (Lipinski definition) is 9. The van der Waals surface area contributed by atoms with Crippen LogP contribution in [0.25, 0.3) is 22.5 Å². The second-order valence-electron chi connectivity index (χ2n) is 7.60. The molecule has 0 unspecified atom stereocenters. The predicted octanol–water partition coefficient (Wildman–Crippen LogP) is 4.11. The fourth-order valence-corrected chi connectivity index (χ4v) is 3.53. The Morgan fingerprint density at radius 2 is 1.80 bits per heavy atom. The molecule has 0 saturated carbocycles. The molecule has 0 aliphatic heterocycles. The first-order valence-electron chi connectivity index (χ1n) is 10.6. The second-order valence-corrected chi connectivity index (χ2v) is 7.96. The molecule has 2 aromatic carbocycles. The molecule has 2 heterocycles. The van der Waals surface area contributed by atoms with Crippen LogP contribution in [-0.4, -0.2) is 55.2 Å². The summed E-state index contributed by atoms with van der Waals surface area (Å²) in [5, 5.41) is 14.2. The van der Waals surface area contributed by atoms with Crippen LogP contribution >= 0.6 is 11.6 Å². The molecule has 35 heavy (non-hydrogen) atoms. The molecule has 0 aliphatic carbocycles. The number of benzene rings is 2. The van der Waals surface area contributed by atoms with E-state index in [0.29, 0.717) is 12.4 Å². The van der Waals surface area contributed by atoms with Crippen molar-refractivity contribution in [2.75, 3.05) is 6.79 Å². The topological polar surface area (TPSA) is 134 Å². The Morgan fingerprint density at radius 3 is 2.49 bits per heavy atom. The van der Waals surface area contributed by atoms with Crippen molar-refractivity contribution in [3.63, 3.8) is 0 Å². The Balaban J connectivity index is 1.45. The lowest BCUT2D eigenvalue weighted by molar-refractivity contribution is -0.0349. The monoisotopic (exact) mass is 496 g/mol. The zero-order valence-electron chi connectivity index (χ0n) is 18.8. The molecule has 0 saturated heterocycles. The first-order valence-corrected chi connectivity index (χ1v) is 10.9. The van der Waals surface area contributed by atoms with Gasteiger partial charge in [-0.2, -0.15) is 5.21 Å². The number of tetrazole rings is 1. The van der Waals surface area contributed by atoms with Crippen LogP contribution in [-0.2, 0) is 20.8 Å². The summed E-state index contributed by atoms with van der Waals surface area (Å²) in [7, 11) is 0. The highest BCUT2D eigenvalue weighted by molar-refractivity contribution is 6.32. The molecule has 1 N–H and O–H groups in total. The van der Waals surface area contributed by atoms with Gasteiger partial charge in [0.2, 0.25) is 12.6 Å². The van der Waals surface area contributed by atoms with E-state index in [1.807, 2.05) is 48.5 Å². The molecule has 0 amide bonds. The lowest BCUT2D eigenvalue weighted by Crippen LogP contribution is -2.18. The molecule has 180 valence electrons. The van der Waals surface area contributed by atoms with Crippen LogP contribution in [0.5, 0.6) is 0 Å². The maximum absolute atomic E-state index is 12.5. The van der Waals surface area contributed by atoms with Gasteiger partial charge in [-0.1, -0.05) is 60.1 Å². The van der Waals surface area contributed by atoms with Gasteiger partial charge in [-0.15, -0.1) is 10.2 Å². The van der Waals surface area contributed by atoms with Crippen molar-refractivity contribution in [1.29, 1.82) is 0 Å². The van der Waals surface area contributed by atoms with Crippen LogP contribution in [0.2, 0.25) is 5.15 Å². The lowest BCUT2D eigenvalue weighted by Gasteiger charge is -2.11. The third-order valence-corrected chi connectivity index (χ3v) is 5.09. The molecule has 0 spiro atoms. The largest absolute Gasteiger partial charge is 0.511 e. The molecule has 0 fully saturated rings. The second kappa shape index (κ2) is 10.8. The minimum absolute atomic E-state index is 0.0228. The van der Waals surface area contributed by atoms with Crippen LogP contribution in [0.4, 0.5) is 4.79 Å². The lowest BCUT2D eigenvalue weighted by atomic mass is 9.98. The van der Waals surface area contributed by atoms with Gasteiger partial charge in [-0.05, 0) is 35.8 Å². The van der Waals surface area contributed by atoms with Gasteiger partial charge in [0.25, 0.3) is 0 Å². The van der Waals surface area contributed by atoms with Crippen LogP contribution in [0.1, 0.15) is 29.9 Å². The summed E-state index contributed by atoms with van der Waals surface area (Å²) in [4.78, 5) is 27.9. The predicted molar refractivity (Wildman–Crippen MR) is 124 cm³/mol. The SMILES string of the molecule is CC(C)OC(=O)OCOC(=O)c1c(Cl)ncn1Cc1ccc(-c2ccccc2-c2nn[nH]n2)cc1. The van der Waals surface area contributed by atoms with Crippen LogP contribution in [0.15, 0.2) is 54.9 Å². The van der Waals surface area contributed by atoms with Crippen molar-refractivity contribution in [2.24, 2.45) is 0 Å². The highest BCUT2D eigenvalue weighted by Crippen LogP contribution is 2.30. The van der Waals surface area contributed by atoms with Gasteiger partial charge in [0.15, 0.2) is 10.8 Å². The van der Waals surface area contributed by atoms with E-state index in [4.69, 9.17) is 25.8 Å². The summed E-state index contributed by atoms with van der Waals surface area (Å²) in [6.45, 7) is 3.04. The summed E-state index contributed by atoms with van der Waals surface area (Å²) >= 11 is 6.10. The van der Waals surface area contributed by atoms with E-state index in [0.717, 1.165) is 22.3 Å². The number of aromatic amines is 1. The fourth-order valence-electron chi connectivity index (χ4n) is 3.30. The Morgan fingerprint density at radius 1 is 1.06 bits per heavy atom. The quantitative estimate of drug-likeness (QED) is 0.282. The maximum atomic E-state index is 12.5. The number of nitrogens with one attached hydrogen (secondary N) is 1. The summed E-state index contributed by atoms with van der Waals surface area (Å²) in [5.41, 5.74) is 3.69. The van der Waals surface area contributed by atoms with Gasteiger partial charge in [0.05, 0.1) is 12.4 Å². The van der Waals surface area contributed by atoms with Crippen molar-refractivity contribution < 1.29 is 23.8 Å². The number of imidazole rings is 1. The number of ether oxygens (including phenoxy) is 3. The van der Waals surface area contributed by atoms with E-state index in [2.05, 4.69) is 25.6 Å². The Hall–Kier alpha value is -4.25. The highest BCUT2D eigenvalue weighted by Gasteiger charge is 2.20. The molecule has 0 radical (unpaired) electrons. The van der Waals surface area contributed by atoms with Crippen molar-refractivity contribution in [3.05, 3.63) is 71.3 Å². The molecular weight excluding hydrogens is 476 g/mol. The van der Waals surface area contributed by atoms with Crippen molar-refractivity contribution in [3.8, 4) is 22.5 Å². The Bertz CT molecular complexity index is 1300. The molecule has 0 atom stereocenters. The van der Waals surface area contributed by atoms with Gasteiger partial charge in [-0.3, -0.25) is 0 Å². The minimum atomic E-state index is -0.937. The zero-order valence-corrected chi connectivity index (χ0v) is 19.6. The number of carbonyl (C=O) groups excluding carboxylic acids is 2. The van der Waals surface area contributed by atoms with Crippen molar-refractivity contribution in [2.45, 2.75) is 26.5 Å². The molecule has 0 aliphatic rings. The van der Waals surface area contributed by atoms with Crippen LogP contribution < -0.4 is 0 Å². The molecule has 12 heteroatoms. The van der Waals surface area contributed by atoms with Crippen LogP contribution in [0.3, 0.4) is 0 Å². The number of halogens is 1. The van der Waals surface area contributed by atoms with Crippen molar-refractivity contribution >= 4 is 23.7 Å². The standard InChI is InChI=1S/C23H21ClN6O5/c1-14(2)35-23(32)34-13-33-22(31)19-20(24)25-12-30(19)11-15-7-9-16(10-8-15)17-5-3-4-6-18(17)21-26-28-29-27-21/h3-10,12,14H,11,13H2,1-2H3,(H,26,27,28,29). The summed E-state index contributed by atoms with van der Waals surface area (Å²) < 4.78 is 16.1. The van der Waals surface area contributed by atoms with Gasteiger partial charge in [0.1, 0.15) is 0 Å². The van der Waals surface area contributed by atoms with Gasteiger partial charge in [-0.25, -0.2) is 14.6 Å². The van der Waals surface area contributed by atoms with Gasteiger partial charge in [0, 0.05) is 12.1 Å². The number of aromatic nitrogens is 6. The molecule has 4 rings (SSSR count). The number of hydrogen-bond donors (Lipinski definition) is 1. The fraction of sp³-hybridized carbons (Fsp3) is 0.217. The number of carbonyl (C=O) groups is 2. The number of rotatable bonds is 8. The molecule has 0 bridgehead atoms. The van der Waals surface area contributed by atoms with E-state index in [1.165, 1.54) is 6.33 Å². The Kier molecular flexibility index (Phi) is 7.36. The summed E-state index contributed by atoms with van der Waals surface area (Å²) in [6.07, 6.45) is 0.146. The smallest absolute Gasteiger partial charge is 0.431 e. The first-order chi connectivity index (χ1) is 16.9. The summed E-state index contributed by atoms with van der Waals surface area (Å²) in [5.74, 6) is -0.280. The van der Waals surface area contributed by atoms with E-state index < -0.39 is 18.9 Å². The average Bonchev–Trinajstić information content (AvgIpc) is 3.49. The molecular formula is C23H21ClN6O5. The van der Waals surface area contributed by atoms with E-state index >= 15 is 0 Å². The number of esters is 1. The maximum Gasteiger partial charge on any atom is 0.511 e. The normalized spacial score (nSPS) is 10.9. The van der Waals surface area contributed by atoms with Crippen molar-refractivity contribution in [1.82, 2.24) is 30.2 Å². The van der Waals surface area contributed by atoms with E-state index in [1.54, 1.807) is 18.4 Å². The van der Waals surface area contributed by atoms with E-state index in [-0.39, 0.29) is 17.0 Å². The molecule has 2 aromatic heterocycles. The van der Waals surface area contributed by atoms with Gasteiger partial charge < -0.3 is 18.8 Å². The number of H-pyrrole nitrogens is 1. The zero-order chi connectivity index (χ0) is 24.8.